The van der Waals surface area contributed by atoms with Gasteiger partial charge < -0.3 is 30.6 Å². The first-order valence-corrected chi connectivity index (χ1v) is 14.2. The van der Waals surface area contributed by atoms with Crippen molar-refractivity contribution in [3.8, 4) is 0 Å². The highest BCUT2D eigenvalue weighted by Crippen LogP contribution is 2.49. The van der Waals surface area contributed by atoms with Crippen molar-refractivity contribution in [1.29, 1.82) is 0 Å². The van der Waals surface area contributed by atoms with Crippen LogP contribution in [0.25, 0.3) is 6.08 Å². The van der Waals surface area contributed by atoms with E-state index in [-0.39, 0.29) is 28.9 Å². The van der Waals surface area contributed by atoms with Gasteiger partial charge in [-0.15, -0.1) is 22.7 Å². The number of aromatic nitrogens is 2. The number of nitrogens with one attached hydrogen (secondary N) is 1. The van der Waals surface area contributed by atoms with E-state index in [9.17, 15) is 24.4 Å². The Morgan fingerprint density at radius 2 is 2.10 bits per heavy atom. The number of nitrogen functional groups attached to an aromatic ring is 1. The zero-order valence-electron chi connectivity index (χ0n) is 21.2. The predicted octanol–water partition coefficient (Wildman–Crippen LogP) is 2.05. The van der Waals surface area contributed by atoms with Crippen LogP contribution in [0.3, 0.4) is 0 Å². The summed E-state index contributed by atoms with van der Waals surface area (Å²) in [5.74, 6) is -2.50. The monoisotopic (exact) mass is 594 g/mol. The summed E-state index contributed by atoms with van der Waals surface area (Å²) in [5, 5.41) is 17.5. The molecule has 0 radical (unpaired) electrons. The molecule has 208 valence electrons. The Labute approximate surface area is 235 Å². The quantitative estimate of drug-likeness (QED) is 0.133. The molecule has 0 spiro atoms. The number of ether oxygens (including phenoxy) is 2. The molecule has 0 aromatic carbocycles. The van der Waals surface area contributed by atoms with Crippen LogP contribution in [0.1, 0.15) is 37.8 Å². The van der Waals surface area contributed by atoms with Crippen LogP contribution in [-0.2, 0) is 35.1 Å². The summed E-state index contributed by atoms with van der Waals surface area (Å²) < 4.78 is 10.5. The minimum absolute atomic E-state index is 0.104. The minimum Gasteiger partial charge on any atom is -0.427 e. The standard InChI is InChI=1S/C23H26N6O7S3/c1-22(2,3)19(32)35-11-36-20(33)23(5-4-13-8-25-10-38-13)17(27-14(30)6-12-9-37-21(24)26-12)29-15(31)7-16(29)39-18(23)28-34/h4-5,8-10,16-17,34H,6-7,11H2,1-3H3,(H2,24,26)(H,27,30)/t16-,17?,23?/m1/s1. The molecular formula is C23H26N6O7S3. The second-order valence-corrected chi connectivity index (χ2v) is 12.6. The second kappa shape index (κ2) is 11.3. The van der Waals surface area contributed by atoms with Gasteiger partial charge in [0.1, 0.15) is 11.2 Å². The van der Waals surface area contributed by atoms with Crippen molar-refractivity contribution in [2.75, 3.05) is 12.5 Å². The summed E-state index contributed by atoms with van der Waals surface area (Å²) >= 11 is 3.44. The molecule has 2 saturated heterocycles. The number of fused-ring (bicyclic) bond motifs is 1. The van der Waals surface area contributed by atoms with Gasteiger partial charge in [0.2, 0.25) is 18.6 Å². The van der Waals surface area contributed by atoms with Gasteiger partial charge in [0.25, 0.3) is 0 Å². The normalized spacial score (nSPS) is 23.8. The lowest BCUT2D eigenvalue weighted by Gasteiger charge is -2.54. The van der Waals surface area contributed by atoms with Crippen molar-refractivity contribution in [3.05, 3.63) is 33.7 Å². The van der Waals surface area contributed by atoms with Gasteiger partial charge in [-0.3, -0.25) is 24.2 Å². The third kappa shape index (κ3) is 5.91. The summed E-state index contributed by atoms with van der Waals surface area (Å²) in [6, 6.07) is 0. The summed E-state index contributed by atoms with van der Waals surface area (Å²) in [7, 11) is 0. The smallest absolute Gasteiger partial charge is 0.329 e. The first kappa shape index (κ1) is 28.5. The number of hydrogen-bond acceptors (Lipinski definition) is 14. The van der Waals surface area contributed by atoms with Crippen molar-refractivity contribution in [1.82, 2.24) is 20.2 Å². The molecular weight excluding hydrogens is 568 g/mol. The maximum atomic E-state index is 13.8. The number of amides is 2. The van der Waals surface area contributed by atoms with Crippen LogP contribution in [-0.4, -0.2) is 67.2 Å². The fourth-order valence-electron chi connectivity index (χ4n) is 3.86. The summed E-state index contributed by atoms with van der Waals surface area (Å²) in [6.45, 7) is 4.19. The van der Waals surface area contributed by atoms with Crippen LogP contribution >= 0.6 is 34.4 Å². The Hall–Kier alpha value is -3.50. The van der Waals surface area contributed by atoms with Crippen molar-refractivity contribution in [2.45, 2.75) is 45.2 Å². The van der Waals surface area contributed by atoms with E-state index >= 15 is 0 Å². The highest BCUT2D eigenvalue weighted by molar-refractivity contribution is 8.14. The molecule has 4 rings (SSSR count). The largest absolute Gasteiger partial charge is 0.427 e. The molecule has 39 heavy (non-hydrogen) atoms. The Balaban J connectivity index is 1.71. The van der Waals surface area contributed by atoms with Crippen LogP contribution in [0.5, 0.6) is 0 Å². The average Bonchev–Trinajstić information content (AvgIpc) is 3.53. The maximum Gasteiger partial charge on any atom is 0.329 e. The van der Waals surface area contributed by atoms with Gasteiger partial charge >= 0.3 is 11.9 Å². The number of hydrogen-bond donors (Lipinski definition) is 3. The highest BCUT2D eigenvalue weighted by Gasteiger charge is 2.63. The molecule has 0 saturated carbocycles. The van der Waals surface area contributed by atoms with Crippen molar-refractivity contribution < 1.29 is 33.9 Å². The Kier molecular flexibility index (Phi) is 8.27. The number of nitrogens with zero attached hydrogens (tertiary/aromatic N) is 4. The number of esters is 2. The van der Waals surface area contributed by atoms with Crippen LogP contribution < -0.4 is 11.1 Å². The number of carbonyl (C=O) groups is 4. The fourth-order valence-corrected chi connectivity index (χ4v) is 6.27. The number of oxime groups is 1. The lowest BCUT2D eigenvalue weighted by atomic mass is 9.81. The third-order valence-electron chi connectivity index (χ3n) is 5.85. The number of carbonyl (C=O) groups excluding carboxylic acids is 4. The number of thiazole rings is 2. The maximum absolute atomic E-state index is 13.8. The molecule has 2 aliphatic heterocycles. The van der Waals surface area contributed by atoms with Gasteiger partial charge in [-0.1, -0.05) is 23.0 Å². The topological polar surface area (TPSA) is 186 Å². The van der Waals surface area contributed by atoms with Crippen molar-refractivity contribution in [3.63, 3.8) is 0 Å². The number of anilines is 1. The van der Waals surface area contributed by atoms with Gasteiger partial charge in [-0.05, 0) is 26.8 Å². The second-order valence-electron chi connectivity index (χ2n) is 9.64. The summed E-state index contributed by atoms with van der Waals surface area (Å²) in [5.41, 5.74) is 4.83. The Bertz CT molecular complexity index is 1320. The molecule has 0 bridgehead atoms. The zero-order chi connectivity index (χ0) is 28.4. The molecule has 2 aromatic rings. The van der Waals surface area contributed by atoms with Crippen LogP contribution in [0, 0.1) is 10.8 Å². The number of thioether (sulfide) groups is 1. The Morgan fingerprint density at radius 3 is 2.69 bits per heavy atom. The first-order chi connectivity index (χ1) is 18.5. The Morgan fingerprint density at radius 1 is 1.33 bits per heavy atom. The van der Waals surface area contributed by atoms with Gasteiger partial charge in [0.15, 0.2) is 10.5 Å². The molecule has 3 atom stereocenters. The third-order valence-corrected chi connectivity index (χ3v) is 8.62. The fraction of sp³-hybridized carbons (Fsp3) is 0.435. The van der Waals surface area contributed by atoms with Crippen molar-refractivity contribution in [2.24, 2.45) is 16.0 Å². The highest BCUT2D eigenvalue weighted by atomic mass is 32.2. The molecule has 2 aliphatic rings. The molecule has 2 aromatic heterocycles. The molecule has 2 unspecified atom stereocenters. The van der Waals surface area contributed by atoms with Gasteiger partial charge in [0, 0.05) is 16.5 Å². The van der Waals surface area contributed by atoms with Crippen molar-refractivity contribution >= 4 is 74.4 Å². The van der Waals surface area contributed by atoms with Gasteiger partial charge in [-0.2, -0.15) is 0 Å². The van der Waals surface area contributed by atoms with E-state index in [4.69, 9.17) is 15.2 Å². The SMILES string of the molecule is CC(C)(C)C(=O)OCOC(=O)C1(C=Cc2cncs2)C(=NO)S[C@@H]2CC(=O)N2C1NC(=O)Cc1csc(N)n1. The average molecular weight is 595 g/mol. The van der Waals surface area contributed by atoms with E-state index in [0.29, 0.717) is 10.6 Å². The van der Waals surface area contributed by atoms with E-state index < -0.39 is 47.0 Å². The minimum atomic E-state index is -1.99. The van der Waals surface area contributed by atoms with E-state index in [0.717, 1.165) is 11.8 Å². The van der Waals surface area contributed by atoms with E-state index in [1.807, 2.05) is 0 Å². The summed E-state index contributed by atoms with van der Waals surface area (Å²) in [4.78, 5) is 62.0. The zero-order valence-corrected chi connectivity index (χ0v) is 23.6. The van der Waals surface area contributed by atoms with Gasteiger partial charge in [-0.25, -0.2) is 4.98 Å². The molecule has 0 aliphatic carbocycles. The molecule has 4 N–H and O–H groups in total. The lowest BCUT2D eigenvalue weighted by molar-refractivity contribution is -0.179. The lowest BCUT2D eigenvalue weighted by Crippen LogP contribution is -2.73. The molecule has 4 heterocycles. The first-order valence-electron chi connectivity index (χ1n) is 11.6. The number of rotatable bonds is 8. The molecule has 2 amide bonds. The van der Waals surface area contributed by atoms with Gasteiger partial charge in [0.05, 0.1) is 34.8 Å². The molecule has 16 heteroatoms. The van der Waals surface area contributed by atoms with Crippen LogP contribution in [0.4, 0.5) is 5.13 Å². The predicted molar refractivity (Wildman–Crippen MR) is 144 cm³/mol. The van der Waals surface area contributed by atoms with Crippen LogP contribution in [0.2, 0.25) is 0 Å². The van der Waals surface area contributed by atoms with E-state index in [2.05, 4.69) is 20.4 Å². The molecule has 2 fully saturated rings. The van der Waals surface area contributed by atoms with E-state index in [1.54, 1.807) is 43.9 Å². The number of β-lactam (4-membered cyclic amide) rings is 1. The number of nitrogens with two attached hydrogens (primary N) is 1. The van der Waals surface area contributed by atoms with E-state index in [1.165, 1.54) is 33.6 Å². The molecule has 13 nitrogen and oxygen atoms in total. The van der Waals surface area contributed by atoms with Crippen LogP contribution in [0.15, 0.2) is 28.3 Å². The summed E-state index contributed by atoms with van der Waals surface area (Å²) in [6.07, 6.45) is 3.11.